The molecule has 8 nitrogen and oxygen atoms in total. The van der Waals surface area contributed by atoms with E-state index in [-0.39, 0.29) is 18.4 Å². The van der Waals surface area contributed by atoms with Gasteiger partial charge in [-0.3, -0.25) is 9.59 Å². The molecule has 0 spiro atoms. The highest BCUT2D eigenvalue weighted by molar-refractivity contribution is 7.17. The Balaban J connectivity index is 1.81. The van der Waals surface area contributed by atoms with E-state index in [4.69, 9.17) is 9.47 Å². The van der Waals surface area contributed by atoms with Gasteiger partial charge >= 0.3 is 5.97 Å². The lowest BCUT2D eigenvalue weighted by Crippen LogP contribution is -2.32. The normalized spacial score (nSPS) is 15.7. The van der Waals surface area contributed by atoms with Gasteiger partial charge in [-0.2, -0.15) is 0 Å². The van der Waals surface area contributed by atoms with Crippen LogP contribution in [0.3, 0.4) is 0 Å². The van der Waals surface area contributed by atoms with E-state index in [2.05, 4.69) is 22.9 Å². The second-order valence-electron chi connectivity index (χ2n) is 8.23. The van der Waals surface area contributed by atoms with E-state index in [1.807, 2.05) is 0 Å². The molecule has 3 rings (SSSR count). The standard InChI is InChI=1S/C24H31N3O5S/c1-6-32-24(30)21-17-9-7-13(2)11-20(17)33-23(21)27-22(29)14(3)25-18-12-16(26-15(4)28)8-10-19(18)31-5/h8,10,12-14,25H,6-7,9,11H2,1-5H3,(H,26,28)(H,27,29)/t13-,14+/m1/s1. The summed E-state index contributed by atoms with van der Waals surface area (Å²) in [5, 5.41) is 9.32. The predicted molar refractivity (Wildman–Crippen MR) is 130 cm³/mol. The molecule has 0 fully saturated rings. The van der Waals surface area contributed by atoms with Gasteiger partial charge in [0.2, 0.25) is 11.8 Å². The van der Waals surface area contributed by atoms with E-state index < -0.39 is 12.0 Å². The number of hydrogen-bond donors (Lipinski definition) is 3. The molecule has 2 amide bonds. The highest BCUT2D eigenvalue weighted by Crippen LogP contribution is 2.40. The van der Waals surface area contributed by atoms with Crippen molar-refractivity contribution < 1.29 is 23.9 Å². The summed E-state index contributed by atoms with van der Waals surface area (Å²) in [6, 6.07) is 4.50. The van der Waals surface area contributed by atoms with Crippen LogP contribution < -0.4 is 20.7 Å². The number of amides is 2. The minimum absolute atomic E-state index is 0.195. The molecule has 1 aromatic carbocycles. The molecule has 178 valence electrons. The lowest BCUT2D eigenvalue weighted by molar-refractivity contribution is -0.116. The van der Waals surface area contributed by atoms with E-state index in [1.165, 1.54) is 25.4 Å². The van der Waals surface area contributed by atoms with Gasteiger partial charge in [-0.05, 0) is 62.8 Å². The summed E-state index contributed by atoms with van der Waals surface area (Å²) >= 11 is 1.46. The minimum atomic E-state index is -0.639. The number of nitrogens with one attached hydrogen (secondary N) is 3. The molecule has 0 saturated carbocycles. The number of hydrogen-bond acceptors (Lipinski definition) is 7. The molecule has 0 bridgehead atoms. The van der Waals surface area contributed by atoms with Crippen LogP contribution in [0.4, 0.5) is 16.4 Å². The van der Waals surface area contributed by atoms with Crippen molar-refractivity contribution in [2.75, 3.05) is 29.7 Å². The number of thiophene rings is 1. The van der Waals surface area contributed by atoms with Crippen molar-refractivity contribution in [1.82, 2.24) is 0 Å². The Morgan fingerprint density at radius 1 is 1.24 bits per heavy atom. The van der Waals surface area contributed by atoms with Crippen LogP contribution in [-0.4, -0.2) is 37.5 Å². The molecular weight excluding hydrogens is 442 g/mol. The Kier molecular flexibility index (Phi) is 7.97. The highest BCUT2D eigenvalue weighted by Gasteiger charge is 2.30. The summed E-state index contributed by atoms with van der Waals surface area (Å²) in [5.41, 5.74) is 2.63. The van der Waals surface area contributed by atoms with Gasteiger partial charge in [-0.15, -0.1) is 11.3 Å². The first-order valence-corrected chi connectivity index (χ1v) is 11.9. The first kappa shape index (κ1) is 24.6. The molecule has 3 N–H and O–H groups in total. The van der Waals surface area contributed by atoms with Crippen molar-refractivity contribution in [1.29, 1.82) is 0 Å². The van der Waals surface area contributed by atoms with Gasteiger partial charge in [0.1, 0.15) is 16.8 Å². The quantitative estimate of drug-likeness (QED) is 0.489. The van der Waals surface area contributed by atoms with Crippen LogP contribution in [0, 0.1) is 5.92 Å². The molecule has 0 saturated heterocycles. The maximum atomic E-state index is 13.1. The van der Waals surface area contributed by atoms with E-state index in [1.54, 1.807) is 32.0 Å². The molecular formula is C24H31N3O5S. The number of anilines is 3. The Morgan fingerprint density at radius 2 is 2.00 bits per heavy atom. The van der Waals surface area contributed by atoms with Crippen molar-refractivity contribution in [2.45, 2.75) is 53.0 Å². The van der Waals surface area contributed by atoms with Gasteiger partial charge in [0.15, 0.2) is 0 Å². The van der Waals surface area contributed by atoms with Crippen LogP contribution in [0.2, 0.25) is 0 Å². The summed E-state index contributed by atoms with van der Waals surface area (Å²) in [6.45, 7) is 7.38. The van der Waals surface area contributed by atoms with Crippen LogP contribution in [0.1, 0.15) is 54.9 Å². The molecule has 9 heteroatoms. The van der Waals surface area contributed by atoms with Crippen molar-refractivity contribution in [3.05, 3.63) is 34.2 Å². The largest absolute Gasteiger partial charge is 0.495 e. The molecule has 0 radical (unpaired) electrons. The monoisotopic (exact) mass is 473 g/mol. The van der Waals surface area contributed by atoms with E-state index in [9.17, 15) is 14.4 Å². The first-order chi connectivity index (χ1) is 15.7. The summed E-state index contributed by atoms with van der Waals surface area (Å²) in [7, 11) is 1.53. The average molecular weight is 474 g/mol. The number of ether oxygens (including phenoxy) is 2. The lowest BCUT2D eigenvalue weighted by atomic mass is 9.88. The SMILES string of the molecule is CCOC(=O)c1c(NC(=O)[C@H](C)Nc2cc(NC(C)=O)ccc2OC)sc2c1CC[C@@H](C)C2. The molecule has 1 aromatic heterocycles. The Bertz CT molecular complexity index is 1050. The Morgan fingerprint density at radius 3 is 2.67 bits per heavy atom. The van der Waals surface area contributed by atoms with Crippen molar-refractivity contribution >= 4 is 45.5 Å². The Labute approximate surface area is 198 Å². The second kappa shape index (κ2) is 10.7. The fraction of sp³-hybridized carbons (Fsp3) is 0.458. The Hall–Kier alpha value is -3.07. The molecule has 0 aliphatic heterocycles. The summed E-state index contributed by atoms with van der Waals surface area (Å²) in [4.78, 5) is 38.3. The lowest BCUT2D eigenvalue weighted by Gasteiger charge is -2.19. The number of methoxy groups -OCH3 is 1. The molecule has 1 aliphatic rings. The number of esters is 1. The topological polar surface area (TPSA) is 106 Å². The molecule has 0 unspecified atom stereocenters. The van der Waals surface area contributed by atoms with Gasteiger partial charge in [0.05, 0.1) is 25.0 Å². The van der Waals surface area contributed by atoms with E-state index in [0.717, 1.165) is 29.7 Å². The van der Waals surface area contributed by atoms with Crippen molar-refractivity contribution in [3.63, 3.8) is 0 Å². The third-order valence-corrected chi connectivity index (χ3v) is 6.68. The number of fused-ring (bicyclic) bond motifs is 1. The zero-order valence-corrected chi connectivity index (χ0v) is 20.5. The van der Waals surface area contributed by atoms with Gasteiger partial charge < -0.3 is 25.4 Å². The van der Waals surface area contributed by atoms with Crippen LogP contribution in [-0.2, 0) is 27.2 Å². The van der Waals surface area contributed by atoms with Gasteiger partial charge in [-0.25, -0.2) is 4.79 Å². The predicted octanol–water partition coefficient (Wildman–Crippen LogP) is 4.46. The van der Waals surface area contributed by atoms with Crippen LogP contribution in [0.25, 0.3) is 0 Å². The third-order valence-electron chi connectivity index (χ3n) is 5.51. The van der Waals surface area contributed by atoms with E-state index in [0.29, 0.717) is 33.6 Å². The van der Waals surface area contributed by atoms with Gasteiger partial charge in [0, 0.05) is 17.5 Å². The highest BCUT2D eigenvalue weighted by atomic mass is 32.1. The zero-order chi connectivity index (χ0) is 24.1. The maximum Gasteiger partial charge on any atom is 0.341 e. The number of carbonyl (C=O) groups is 3. The third kappa shape index (κ3) is 5.84. The zero-order valence-electron chi connectivity index (χ0n) is 19.7. The average Bonchev–Trinajstić information content (AvgIpc) is 3.10. The molecule has 2 aromatic rings. The number of benzene rings is 1. The summed E-state index contributed by atoms with van der Waals surface area (Å²) in [6.07, 6.45) is 2.70. The van der Waals surface area contributed by atoms with Crippen molar-refractivity contribution in [3.8, 4) is 5.75 Å². The van der Waals surface area contributed by atoms with Gasteiger partial charge in [0.25, 0.3) is 0 Å². The molecule has 33 heavy (non-hydrogen) atoms. The number of carbonyl (C=O) groups excluding carboxylic acids is 3. The van der Waals surface area contributed by atoms with Crippen LogP contribution in [0.5, 0.6) is 5.75 Å². The minimum Gasteiger partial charge on any atom is -0.495 e. The van der Waals surface area contributed by atoms with Crippen molar-refractivity contribution in [2.24, 2.45) is 5.92 Å². The summed E-state index contributed by atoms with van der Waals surface area (Å²) < 4.78 is 10.7. The fourth-order valence-corrected chi connectivity index (χ4v) is 5.28. The van der Waals surface area contributed by atoms with Gasteiger partial charge in [-0.1, -0.05) is 6.92 Å². The van der Waals surface area contributed by atoms with E-state index >= 15 is 0 Å². The van der Waals surface area contributed by atoms with Crippen LogP contribution in [0.15, 0.2) is 18.2 Å². The maximum absolute atomic E-state index is 13.1. The smallest absolute Gasteiger partial charge is 0.341 e. The summed E-state index contributed by atoms with van der Waals surface area (Å²) in [5.74, 6) is 0.193. The van der Waals surface area contributed by atoms with Crippen LogP contribution >= 0.6 is 11.3 Å². The molecule has 1 aliphatic carbocycles. The first-order valence-electron chi connectivity index (χ1n) is 11.1. The second-order valence-corrected chi connectivity index (χ2v) is 9.33. The molecule has 2 atom stereocenters. The fourth-order valence-electron chi connectivity index (χ4n) is 3.88. The molecule has 1 heterocycles. The number of rotatable bonds is 8.